The summed E-state index contributed by atoms with van der Waals surface area (Å²) in [4.78, 5) is 16.5. The molecule has 3 heterocycles. The highest BCUT2D eigenvalue weighted by Crippen LogP contribution is 2.17. The highest BCUT2D eigenvalue weighted by Gasteiger charge is 2.12. The third-order valence-electron chi connectivity index (χ3n) is 4.01. The van der Waals surface area contributed by atoms with E-state index in [2.05, 4.69) is 35.9 Å². The fraction of sp³-hybridized carbons (Fsp3) is 0.438. The van der Waals surface area contributed by atoms with E-state index in [1.54, 1.807) is 0 Å². The zero-order valence-corrected chi connectivity index (χ0v) is 13.4. The van der Waals surface area contributed by atoms with Crippen LogP contribution in [-0.4, -0.2) is 39.6 Å². The quantitative estimate of drug-likeness (QED) is 0.736. The fourth-order valence-corrected chi connectivity index (χ4v) is 2.68. The Labute approximate surface area is 140 Å². The molecule has 0 aliphatic carbocycles. The molecule has 1 aliphatic rings. The maximum absolute atomic E-state index is 8.73. The van der Waals surface area contributed by atoms with Crippen molar-refractivity contribution in [3.63, 3.8) is 0 Å². The van der Waals surface area contributed by atoms with E-state index in [-0.39, 0.29) is 5.69 Å². The standard InChI is InChI=1S/C16H20N8/c17-8-13-9-21-16(10-20-13)24-15-7-14(22-11-23-15)19-6-3-12-1-4-18-5-2-12/h7,9-12,18H,1-6H2,(H2,19,21,22,23,24). The van der Waals surface area contributed by atoms with Crippen molar-refractivity contribution in [1.29, 1.82) is 5.26 Å². The molecule has 1 aliphatic heterocycles. The van der Waals surface area contributed by atoms with E-state index in [1.165, 1.54) is 31.6 Å². The van der Waals surface area contributed by atoms with Gasteiger partial charge in [0.05, 0.1) is 12.4 Å². The van der Waals surface area contributed by atoms with Crippen LogP contribution >= 0.6 is 0 Å². The predicted octanol–water partition coefficient (Wildman–Crippen LogP) is 1.68. The van der Waals surface area contributed by atoms with E-state index in [1.807, 2.05) is 12.1 Å². The Bertz CT molecular complexity index is 688. The number of anilines is 3. The van der Waals surface area contributed by atoms with Crippen molar-refractivity contribution < 1.29 is 0 Å². The van der Waals surface area contributed by atoms with Gasteiger partial charge < -0.3 is 16.0 Å². The lowest BCUT2D eigenvalue weighted by molar-refractivity contribution is 0.361. The van der Waals surface area contributed by atoms with E-state index in [4.69, 9.17) is 5.26 Å². The lowest BCUT2D eigenvalue weighted by atomic mass is 9.95. The van der Waals surface area contributed by atoms with Crippen LogP contribution in [0.25, 0.3) is 0 Å². The summed E-state index contributed by atoms with van der Waals surface area (Å²) in [5, 5.41) is 18.5. The lowest BCUT2D eigenvalue weighted by Crippen LogP contribution is -2.28. The van der Waals surface area contributed by atoms with Crippen molar-refractivity contribution in [2.75, 3.05) is 30.3 Å². The summed E-state index contributed by atoms with van der Waals surface area (Å²) in [6, 6.07) is 3.77. The van der Waals surface area contributed by atoms with Gasteiger partial charge in [0.2, 0.25) is 0 Å². The van der Waals surface area contributed by atoms with Crippen LogP contribution in [0.2, 0.25) is 0 Å². The minimum absolute atomic E-state index is 0.281. The molecule has 0 atom stereocenters. The molecule has 124 valence electrons. The van der Waals surface area contributed by atoms with Crippen LogP contribution in [0, 0.1) is 17.2 Å². The summed E-state index contributed by atoms with van der Waals surface area (Å²) in [7, 11) is 0. The summed E-state index contributed by atoms with van der Waals surface area (Å²) in [5.74, 6) is 2.73. The molecule has 0 aromatic carbocycles. The number of rotatable bonds is 6. The zero-order valence-electron chi connectivity index (χ0n) is 13.4. The van der Waals surface area contributed by atoms with Crippen molar-refractivity contribution in [2.45, 2.75) is 19.3 Å². The van der Waals surface area contributed by atoms with Crippen LogP contribution in [0.15, 0.2) is 24.8 Å². The number of nitrogens with one attached hydrogen (secondary N) is 3. The molecule has 0 spiro atoms. The SMILES string of the molecule is N#Cc1cnc(Nc2cc(NCCC3CCNCC3)ncn2)cn1. The zero-order chi connectivity index (χ0) is 16.6. The molecular weight excluding hydrogens is 304 g/mol. The summed E-state index contributed by atoms with van der Waals surface area (Å²) < 4.78 is 0. The molecule has 2 aromatic heterocycles. The first-order valence-corrected chi connectivity index (χ1v) is 8.09. The Balaban J connectivity index is 1.52. The topological polar surface area (TPSA) is 111 Å². The average molecular weight is 324 g/mol. The van der Waals surface area contributed by atoms with Crippen molar-refractivity contribution in [1.82, 2.24) is 25.3 Å². The molecule has 3 rings (SSSR count). The molecule has 1 fully saturated rings. The number of hydrogen-bond acceptors (Lipinski definition) is 8. The Morgan fingerprint density at radius 2 is 1.92 bits per heavy atom. The maximum Gasteiger partial charge on any atom is 0.158 e. The Morgan fingerprint density at radius 3 is 2.67 bits per heavy atom. The van der Waals surface area contributed by atoms with E-state index < -0.39 is 0 Å². The van der Waals surface area contributed by atoms with Gasteiger partial charge in [0.1, 0.15) is 29.9 Å². The third kappa shape index (κ3) is 4.60. The molecule has 2 aromatic rings. The molecular formula is C16H20N8. The molecule has 0 bridgehead atoms. The molecule has 0 unspecified atom stereocenters. The van der Waals surface area contributed by atoms with Gasteiger partial charge in [-0.1, -0.05) is 0 Å². The van der Waals surface area contributed by atoms with Gasteiger partial charge in [-0.15, -0.1) is 0 Å². The van der Waals surface area contributed by atoms with E-state index in [0.29, 0.717) is 11.6 Å². The van der Waals surface area contributed by atoms with Crippen LogP contribution in [-0.2, 0) is 0 Å². The van der Waals surface area contributed by atoms with Gasteiger partial charge in [-0.3, -0.25) is 0 Å². The molecule has 0 amide bonds. The molecule has 8 nitrogen and oxygen atoms in total. The minimum atomic E-state index is 0.281. The molecule has 3 N–H and O–H groups in total. The number of hydrogen-bond donors (Lipinski definition) is 3. The predicted molar refractivity (Wildman–Crippen MR) is 90.8 cm³/mol. The average Bonchev–Trinajstić information content (AvgIpc) is 2.64. The second-order valence-corrected chi connectivity index (χ2v) is 5.72. The number of piperidine rings is 1. The van der Waals surface area contributed by atoms with Gasteiger partial charge in [-0.05, 0) is 38.3 Å². The molecule has 1 saturated heterocycles. The Hall–Kier alpha value is -2.79. The third-order valence-corrected chi connectivity index (χ3v) is 4.01. The second-order valence-electron chi connectivity index (χ2n) is 5.72. The normalized spacial score (nSPS) is 14.8. The molecule has 0 radical (unpaired) electrons. The summed E-state index contributed by atoms with van der Waals surface area (Å²) in [6.07, 6.45) is 8.07. The largest absolute Gasteiger partial charge is 0.370 e. The highest BCUT2D eigenvalue weighted by molar-refractivity contribution is 5.54. The first-order valence-electron chi connectivity index (χ1n) is 8.09. The van der Waals surface area contributed by atoms with Crippen molar-refractivity contribution in [3.05, 3.63) is 30.5 Å². The Morgan fingerprint density at radius 1 is 1.08 bits per heavy atom. The van der Waals surface area contributed by atoms with Gasteiger partial charge in [0.25, 0.3) is 0 Å². The van der Waals surface area contributed by atoms with Gasteiger partial charge in [-0.2, -0.15) is 5.26 Å². The highest BCUT2D eigenvalue weighted by atomic mass is 15.1. The van der Waals surface area contributed by atoms with Gasteiger partial charge in [0, 0.05) is 12.6 Å². The molecule has 8 heteroatoms. The number of nitriles is 1. The monoisotopic (exact) mass is 324 g/mol. The lowest BCUT2D eigenvalue weighted by Gasteiger charge is -2.22. The maximum atomic E-state index is 8.73. The summed E-state index contributed by atoms with van der Waals surface area (Å²) in [6.45, 7) is 3.15. The number of aromatic nitrogens is 4. The van der Waals surface area contributed by atoms with E-state index in [9.17, 15) is 0 Å². The van der Waals surface area contributed by atoms with E-state index in [0.717, 1.165) is 37.8 Å². The smallest absolute Gasteiger partial charge is 0.158 e. The minimum Gasteiger partial charge on any atom is -0.370 e. The van der Waals surface area contributed by atoms with Gasteiger partial charge in [-0.25, -0.2) is 19.9 Å². The van der Waals surface area contributed by atoms with Crippen LogP contribution in [0.4, 0.5) is 17.5 Å². The van der Waals surface area contributed by atoms with E-state index >= 15 is 0 Å². The second kappa shape index (κ2) is 8.17. The number of nitrogens with zero attached hydrogens (tertiary/aromatic N) is 5. The Kier molecular flexibility index (Phi) is 5.48. The van der Waals surface area contributed by atoms with Crippen LogP contribution in [0.1, 0.15) is 25.0 Å². The first kappa shape index (κ1) is 16.1. The van der Waals surface area contributed by atoms with Gasteiger partial charge >= 0.3 is 0 Å². The van der Waals surface area contributed by atoms with Crippen LogP contribution in [0.3, 0.4) is 0 Å². The first-order chi connectivity index (χ1) is 11.8. The van der Waals surface area contributed by atoms with Crippen LogP contribution in [0.5, 0.6) is 0 Å². The van der Waals surface area contributed by atoms with Crippen molar-refractivity contribution >= 4 is 17.5 Å². The summed E-state index contributed by atoms with van der Waals surface area (Å²) >= 11 is 0. The fourth-order valence-electron chi connectivity index (χ4n) is 2.68. The molecule has 24 heavy (non-hydrogen) atoms. The van der Waals surface area contributed by atoms with Crippen LogP contribution < -0.4 is 16.0 Å². The van der Waals surface area contributed by atoms with Crippen molar-refractivity contribution in [2.24, 2.45) is 5.92 Å². The van der Waals surface area contributed by atoms with Gasteiger partial charge in [0.15, 0.2) is 5.69 Å². The van der Waals surface area contributed by atoms with Crippen molar-refractivity contribution in [3.8, 4) is 6.07 Å². The molecule has 0 saturated carbocycles. The summed E-state index contributed by atoms with van der Waals surface area (Å²) in [5.41, 5.74) is 0.281.